The number of esters is 1. The van der Waals surface area contributed by atoms with Crippen LogP contribution >= 0.6 is 0 Å². The van der Waals surface area contributed by atoms with Crippen molar-refractivity contribution in [2.75, 3.05) is 6.61 Å². The summed E-state index contributed by atoms with van der Waals surface area (Å²) >= 11 is 0. The number of hydrogen-bond donors (Lipinski definition) is 0. The first-order valence-corrected chi connectivity index (χ1v) is 10.4. The molecule has 1 unspecified atom stereocenters. The average Bonchev–Trinajstić information content (AvgIpc) is 3.23. The second-order valence-corrected chi connectivity index (χ2v) is 7.21. The Morgan fingerprint density at radius 2 is 1.90 bits per heavy atom. The van der Waals surface area contributed by atoms with Crippen molar-refractivity contribution in [3.63, 3.8) is 0 Å². The molecular formula is C23H24N6O2. The van der Waals surface area contributed by atoms with Crippen LogP contribution in [0.4, 0.5) is 0 Å². The fourth-order valence-electron chi connectivity index (χ4n) is 3.56. The van der Waals surface area contributed by atoms with Gasteiger partial charge in [-0.3, -0.25) is 14.8 Å². The predicted octanol–water partition coefficient (Wildman–Crippen LogP) is 3.42. The van der Waals surface area contributed by atoms with Crippen molar-refractivity contribution < 1.29 is 9.53 Å². The highest BCUT2D eigenvalue weighted by Gasteiger charge is 2.29. The topological polar surface area (TPSA) is 95.2 Å². The number of pyridine rings is 2. The lowest BCUT2D eigenvalue weighted by atomic mass is 10.00. The highest BCUT2D eigenvalue weighted by Crippen LogP contribution is 2.25. The summed E-state index contributed by atoms with van der Waals surface area (Å²) in [6.07, 6.45) is 9.11. The summed E-state index contributed by atoms with van der Waals surface area (Å²) < 4.78 is 7.05. The van der Waals surface area contributed by atoms with Crippen LogP contribution in [0.2, 0.25) is 0 Å². The van der Waals surface area contributed by atoms with E-state index in [1.807, 2.05) is 30.3 Å². The Morgan fingerprint density at radius 1 is 1.10 bits per heavy atom. The molecule has 0 radical (unpaired) electrons. The number of ether oxygens (including phenoxy) is 1. The third kappa shape index (κ3) is 4.42. The van der Waals surface area contributed by atoms with Crippen LogP contribution in [0.1, 0.15) is 43.1 Å². The van der Waals surface area contributed by atoms with Crippen molar-refractivity contribution in [2.45, 2.75) is 39.0 Å². The van der Waals surface area contributed by atoms with Crippen molar-refractivity contribution in [1.29, 1.82) is 0 Å². The highest BCUT2D eigenvalue weighted by molar-refractivity contribution is 5.78. The summed E-state index contributed by atoms with van der Waals surface area (Å²) in [6, 6.07) is 9.63. The Kier molecular flexibility index (Phi) is 6.26. The molecule has 0 spiro atoms. The van der Waals surface area contributed by atoms with E-state index >= 15 is 0 Å². The fraction of sp³-hybridized carbons (Fsp3) is 0.304. The first-order chi connectivity index (χ1) is 15.2. The van der Waals surface area contributed by atoms with E-state index in [0.29, 0.717) is 17.9 Å². The van der Waals surface area contributed by atoms with Gasteiger partial charge >= 0.3 is 5.97 Å². The Morgan fingerprint density at radius 3 is 2.58 bits per heavy atom. The van der Waals surface area contributed by atoms with Gasteiger partial charge in [0.15, 0.2) is 11.5 Å². The number of hydrogen-bond acceptors (Lipinski definition) is 7. The zero-order chi connectivity index (χ0) is 21.6. The first-order valence-electron chi connectivity index (χ1n) is 10.4. The van der Waals surface area contributed by atoms with E-state index in [1.165, 1.54) is 0 Å². The van der Waals surface area contributed by atoms with Crippen LogP contribution in [0.15, 0.2) is 55.1 Å². The monoisotopic (exact) mass is 416 g/mol. The Labute approximate surface area is 180 Å². The normalized spacial score (nSPS) is 12.1. The van der Waals surface area contributed by atoms with Gasteiger partial charge in [0.05, 0.1) is 12.3 Å². The molecule has 0 N–H and O–H groups in total. The minimum absolute atomic E-state index is 0.286. The van der Waals surface area contributed by atoms with Crippen molar-refractivity contribution in [3.8, 4) is 11.3 Å². The maximum Gasteiger partial charge on any atom is 0.317 e. The van der Waals surface area contributed by atoms with Gasteiger partial charge in [-0.2, -0.15) is 9.61 Å². The highest BCUT2D eigenvalue weighted by atomic mass is 16.5. The van der Waals surface area contributed by atoms with Crippen LogP contribution in [0.5, 0.6) is 0 Å². The molecule has 8 nitrogen and oxygen atoms in total. The minimum Gasteiger partial charge on any atom is -0.465 e. The van der Waals surface area contributed by atoms with Crippen LogP contribution in [-0.4, -0.2) is 42.4 Å². The molecule has 0 aromatic carbocycles. The number of aryl methyl sites for hydroxylation is 1. The summed E-state index contributed by atoms with van der Waals surface area (Å²) in [7, 11) is 0. The summed E-state index contributed by atoms with van der Waals surface area (Å²) in [5.74, 6) is -0.544. The molecule has 4 aromatic heterocycles. The maximum absolute atomic E-state index is 12.9. The molecule has 1 atom stereocenters. The smallest absolute Gasteiger partial charge is 0.317 e. The van der Waals surface area contributed by atoms with Crippen LogP contribution < -0.4 is 0 Å². The second kappa shape index (κ2) is 9.42. The molecule has 0 bridgehead atoms. The van der Waals surface area contributed by atoms with Gasteiger partial charge < -0.3 is 4.74 Å². The lowest BCUT2D eigenvalue weighted by Gasteiger charge is -2.14. The number of nitrogens with zero attached hydrogens (tertiary/aromatic N) is 6. The lowest BCUT2D eigenvalue weighted by Crippen LogP contribution is -2.21. The Hall–Kier alpha value is -3.68. The van der Waals surface area contributed by atoms with E-state index in [-0.39, 0.29) is 12.6 Å². The first kappa shape index (κ1) is 20.6. The zero-order valence-corrected chi connectivity index (χ0v) is 17.6. The molecule has 0 saturated heterocycles. The number of carbonyl (C=O) groups excluding carboxylic acids is 1. The number of rotatable bonds is 8. The van der Waals surface area contributed by atoms with Gasteiger partial charge in [-0.1, -0.05) is 19.4 Å². The molecule has 0 fully saturated rings. The molecule has 0 aliphatic rings. The summed E-state index contributed by atoms with van der Waals surface area (Å²) in [6.45, 7) is 4.19. The third-order valence-electron chi connectivity index (χ3n) is 4.99. The summed E-state index contributed by atoms with van der Waals surface area (Å²) in [4.78, 5) is 21.3. The van der Waals surface area contributed by atoms with Crippen molar-refractivity contribution in [2.24, 2.45) is 0 Å². The quantitative estimate of drug-likeness (QED) is 0.406. The van der Waals surface area contributed by atoms with E-state index in [9.17, 15) is 4.79 Å². The molecule has 0 amide bonds. The predicted molar refractivity (Wildman–Crippen MR) is 115 cm³/mol. The Balaban J connectivity index is 1.85. The van der Waals surface area contributed by atoms with E-state index < -0.39 is 5.92 Å². The van der Waals surface area contributed by atoms with E-state index in [4.69, 9.17) is 9.84 Å². The molecule has 0 aliphatic heterocycles. The van der Waals surface area contributed by atoms with E-state index in [2.05, 4.69) is 27.1 Å². The molecule has 0 aliphatic carbocycles. The minimum atomic E-state index is -0.648. The fourth-order valence-corrected chi connectivity index (χ4v) is 3.56. The molecule has 4 heterocycles. The summed E-state index contributed by atoms with van der Waals surface area (Å²) in [5, 5.41) is 13.6. The maximum atomic E-state index is 12.9. The van der Waals surface area contributed by atoms with Crippen molar-refractivity contribution >= 4 is 11.6 Å². The van der Waals surface area contributed by atoms with Crippen LogP contribution in [0.25, 0.3) is 16.9 Å². The number of aromatic nitrogens is 6. The van der Waals surface area contributed by atoms with Gasteiger partial charge in [0, 0.05) is 35.9 Å². The zero-order valence-electron chi connectivity index (χ0n) is 17.6. The van der Waals surface area contributed by atoms with E-state index in [1.54, 1.807) is 36.2 Å². The summed E-state index contributed by atoms with van der Waals surface area (Å²) in [5.41, 5.74) is 4.24. The molecule has 4 aromatic rings. The van der Waals surface area contributed by atoms with Crippen LogP contribution in [0, 0.1) is 0 Å². The number of carbonyl (C=O) groups is 1. The van der Waals surface area contributed by atoms with Crippen LogP contribution in [0.3, 0.4) is 0 Å². The molecular weight excluding hydrogens is 392 g/mol. The van der Waals surface area contributed by atoms with Gasteiger partial charge in [0.2, 0.25) is 0 Å². The number of fused-ring (bicyclic) bond motifs is 1. The van der Waals surface area contributed by atoms with Gasteiger partial charge in [-0.15, -0.1) is 10.2 Å². The van der Waals surface area contributed by atoms with Crippen molar-refractivity contribution in [3.05, 3.63) is 72.1 Å². The molecule has 0 saturated carbocycles. The van der Waals surface area contributed by atoms with Crippen molar-refractivity contribution in [1.82, 2.24) is 29.8 Å². The largest absolute Gasteiger partial charge is 0.465 e. The molecule has 31 heavy (non-hydrogen) atoms. The average molecular weight is 416 g/mol. The molecule has 8 heteroatoms. The Bertz CT molecular complexity index is 1160. The van der Waals surface area contributed by atoms with Gasteiger partial charge in [0.1, 0.15) is 5.92 Å². The second-order valence-electron chi connectivity index (χ2n) is 7.21. The van der Waals surface area contributed by atoms with E-state index in [0.717, 1.165) is 35.2 Å². The van der Waals surface area contributed by atoms with Gasteiger partial charge in [0.25, 0.3) is 0 Å². The van der Waals surface area contributed by atoms with Gasteiger partial charge in [-0.05, 0) is 49.6 Å². The molecule has 4 rings (SSSR count). The molecule has 158 valence electrons. The third-order valence-corrected chi connectivity index (χ3v) is 4.99. The van der Waals surface area contributed by atoms with Crippen LogP contribution in [-0.2, 0) is 22.4 Å². The standard InChI is InChI=1S/C23H24N6O2/c1-3-7-17-13-20(18-9-6-11-25-15-18)28-29-21(17)26-27-22(29)19(23(30)31-4-2)12-16-8-5-10-24-14-16/h5-6,8-11,13-15,19H,3-4,7,12H2,1-2H3. The lowest BCUT2D eigenvalue weighted by molar-refractivity contribution is -0.145. The van der Waals surface area contributed by atoms with Gasteiger partial charge in [-0.25, -0.2) is 0 Å². The SMILES string of the molecule is CCCc1cc(-c2cccnc2)nn2c(C(Cc3cccnc3)C(=O)OCC)nnc12.